The van der Waals surface area contributed by atoms with Crippen molar-refractivity contribution in [1.29, 1.82) is 0 Å². The van der Waals surface area contributed by atoms with Crippen LogP contribution in [-0.2, 0) is 0 Å². The summed E-state index contributed by atoms with van der Waals surface area (Å²) in [6.07, 6.45) is 3.27. The number of rotatable bonds is 5. The van der Waals surface area contributed by atoms with Crippen LogP contribution in [0.1, 0.15) is 41.3 Å². The number of benzene rings is 2. The van der Waals surface area contributed by atoms with Crippen molar-refractivity contribution >= 4 is 23.0 Å². The summed E-state index contributed by atoms with van der Waals surface area (Å²) in [5.41, 5.74) is 5.46. The molecule has 0 saturated carbocycles. The van der Waals surface area contributed by atoms with Crippen molar-refractivity contribution in [3.63, 3.8) is 0 Å². The molecule has 3 aromatic rings. The number of aryl methyl sites for hydroxylation is 1. The zero-order valence-corrected chi connectivity index (χ0v) is 15.3. The second-order valence-corrected chi connectivity index (χ2v) is 6.68. The number of amides is 1. The van der Waals surface area contributed by atoms with Gasteiger partial charge < -0.3 is 10.6 Å². The minimum Gasteiger partial charge on any atom is -0.354 e. The van der Waals surface area contributed by atoms with Crippen molar-refractivity contribution in [2.24, 2.45) is 0 Å². The number of nitrogens with zero attached hydrogens (tertiary/aromatic N) is 1. The Morgan fingerprint density at radius 2 is 1.54 bits per heavy atom. The Labute approximate surface area is 154 Å². The third-order valence-electron chi connectivity index (χ3n) is 4.18. The van der Waals surface area contributed by atoms with E-state index in [0.717, 1.165) is 17.1 Å². The molecule has 0 atom stereocenters. The highest BCUT2D eigenvalue weighted by atomic mass is 16.1. The van der Waals surface area contributed by atoms with Gasteiger partial charge in [0.25, 0.3) is 5.91 Å². The molecule has 0 aliphatic carbocycles. The van der Waals surface area contributed by atoms with Crippen molar-refractivity contribution in [2.75, 3.05) is 10.6 Å². The molecule has 1 aromatic heterocycles. The normalized spacial score (nSPS) is 10.6. The molecule has 0 spiro atoms. The first-order valence-corrected chi connectivity index (χ1v) is 8.71. The molecular weight excluding hydrogens is 322 g/mol. The van der Waals surface area contributed by atoms with E-state index < -0.39 is 0 Å². The SMILES string of the molecule is Cc1ccc(Nc2cncc(C(=O)Nc3ccc(C(C)C)cc3)c2)cc1. The Balaban J connectivity index is 1.70. The van der Waals surface area contributed by atoms with Gasteiger partial charge in [-0.2, -0.15) is 0 Å². The van der Waals surface area contributed by atoms with E-state index in [1.54, 1.807) is 18.5 Å². The summed E-state index contributed by atoms with van der Waals surface area (Å²) in [7, 11) is 0. The predicted octanol–water partition coefficient (Wildman–Crippen LogP) is 5.51. The van der Waals surface area contributed by atoms with E-state index in [4.69, 9.17) is 0 Å². The molecule has 4 heteroatoms. The Morgan fingerprint density at radius 1 is 0.885 bits per heavy atom. The zero-order valence-electron chi connectivity index (χ0n) is 15.3. The summed E-state index contributed by atoms with van der Waals surface area (Å²) in [4.78, 5) is 16.7. The standard InChI is InChI=1S/C22H23N3O/c1-15(2)17-6-10-20(11-7-17)25-22(26)18-12-21(14-23-13-18)24-19-8-4-16(3)5-9-19/h4-15,24H,1-3H3,(H,25,26). The number of pyridine rings is 1. The number of carbonyl (C=O) groups excluding carboxylic acids is 1. The summed E-state index contributed by atoms with van der Waals surface area (Å²) < 4.78 is 0. The van der Waals surface area contributed by atoms with Crippen molar-refractivity contribution in [2.45, 2.75) is 26.7 Å². The number of hydrogen-bond acceptors (Lipinski definition) is 3. The molecule has 26 heavy (non-hydrogen) atoms. The Hall–Kier alpha value is -3.14. The highest BCUT2D eigenvalue weighted by molar-refractivity contribution is 6.04. The maximum atomic E-state index is 12.5. The Kier molecular flexibility index (Phi) is 5.32. The van der Waals surface area contributed by atoms with Crippen LogP contribution in [0, 0.1) is 6.92 Å². The largest absolute Gasteiger partial charge is 0.354 e. The van der Waals surface area contributed by atoms with E-state index >= 15 is 0 Å². The monoisotopic (exact) mass is 345 g/mol. The van der Waals surface area contributed by atoms with Crippen LogP contribution in [0.25, 0.3) is 0 Å². The summed E-state index contributed by atoms with van der Waals surface area (Å²) in [5, 5.41) is 6.18. The van der Waals surface area contributed by atoms with E-state index in [1.807, 2.05) is 55.5 Å². The minimum atomic E-state index is -0.178. The molecule has 2 aromatic carbocycles. The second-order valence-electron chi connectivity index (χ2n) is 6.68. The van der Waals surface area contributed by atoms with Gasteiger partial charge in [0, 0.05) is 17.6 Å². The summed E-state index contributed by atoms with van der Waals surface area (Å²) >= 11 is 0. The van der Waals surface area contributed by atoms with Gasteiger partial charge in [0.2, 0.25) is 0 Å². The number of aromatic nitrogens is 1. The lowest BCUT2D eigenvalue weighted by Gasteiger charge is -2.10. The van der Waals surface area contributed by atoms with Gasteiger partial charge in [0.1, 0.15) is 0 Å². The molecule has 0 radical (unpaired) electrons. The van der Waals surface area contributed by atoms with E-state index in [-0.39, 0.29) is 5.91 Å². The summed E-state index contributed by atoms with van der Waals surface area (Å²) in [6.45, 7) is 6.33. The Morgan fingerprint density at radius 3 is 2.19 bits per heavy atom. The lowest BCUT2D eigenvalue weighted by molar-refractivity contribution is 0.102. The van der Waals surface area contributed by atoms with Crippen LogP contribution in [0.3, 0.4) is 0 Å². The Bertz CT molecular complexity index is 884. The first-order chi connectivity index (χ1) is 12.5. The van der Waals surface area contributed by atoms with E-state index in [1.165, 1.54) is 11.1 Å². The van der Waals surface area contributed by atoms with Crippen LogP contribution in [-0.4, -0.2) is 10.9 Å². The molecule has 0 aliphatic rings. The fourth-order valence-corrected chi connectivity index (χ4v) is 2.59. The molecule has 1 amide bonds. The first kappa shape index (κ1) is 17.7. The average molecular weight is 345 g/mol. The molecule has 0 fully saturated rings. The van der Waals surface area contributed by atoms with E-state index in [0.29, 0.717) is 11.5 Å². The number of hydrogen-bond donors (Lipinski definition) is 2. The zero-order chi connectivity index (χ0) is 18.5. The fourth-order valence-electron chi connectivity index (χ4n) is 2.59. The second kappa shape index (κ2) is 7.83. The molecule has 1 heterocycles. The van der Waals surface area contributed by atoms with Gasteiger partial charge >= 0.3 is 0 Å². The van der Waals surface area contributed by atoms with Crippen LogP contribution in [0.2, 0.25) is 0 Å². The maximum Gasteiger partial charge on any atom is 0.257 e. The van der Waals surface area contributed by atoms with Crippen molar-refractivity contribution < 1.29 is 4.79 Å². The van der Waals surface area contributed by atoms with Crippen LogP contribution < -0.4 is 10.6 Å². The number of anilines is 3. The molecule has 4 nitrogen and oxygen atoms in total. The molecular formula is C22H23N3O. The molecule has 0 bridgehead atoms. The molecule has 0 unspecified atom stereocenters. The van der Waals surface area contributed by atoms with Gasteiger partial charge in [-0.15, -0.1) is 0 Å². The van der Waals surface area contributed by atoms with Gasteiger partial charge in [-0.05, 0) is 48.7 Å². The third-order valence-corrected chi connectivity index (χ3v) is 4.18. The molecule has 0 aliphatic heterocycles. The first-order valence-electron chi connectivity index (χ1n) is 8.71. The van der Waals surface area contributed by atoms with E-state index in [9.17, 15) is 4.79 Å². The minimum absolute atomic E-state index is 0.178. The van der Waals surface area contributed by atoms with Gasteiger partial charge in [-0.3, -0.25) is 9.78 Å². The fraction of sp³-hybridized carbons (Fsp3) is 0.182. The van der Waals surface area contributed by atoms with Crippen molar-refractivity contribution in [1.82, 2.24) is 4.98 Å². The highest BCUT2D eigenvalue weighted by Gasteiger charge is 2.08. The lowest BCUT2D eigenvalue weighted by atomic mass is 10.0. The van der Waals surface area contributed by atoms with E-state index in [2.05, 4.69) is 29.5 Å². The number of carbonyl (C=O) groups is 1. The maximum absolute atomic E-state index is 12.5. The van der Waals surface area contributed by atoms with Gasteiger partial charge in [0.05, 0.1) is 17.4 Å². The summed E-state index contributed by atoms with van der Waals surface area (Å²) in [5.74, 6) is 0.288. The summed E-state index contributed by atoms with van der Waals surface area (Å²) in [6, 6.07) is 17.8. The molecule has 132 valence electrons. The third kappa shape index (κ3) is 4.48. The average Bonchev–Trinajstić information content (AvgIpc) is 2.64. The van der Waals surface area contributed by atoms with Crippen LogP contribution in [0.15, 0.2) is 67.0 Å². The lowest BCUT2D eigenvalue weighted by Crippen LogP contribution is -2.12. The van der Waals surface area contributed by atoms with Gasteiger partial charge in [-0.25, -0.2) is 0 Å². The highest BCUT2D eigenvalue weighted by Crippen LogP contribution is 2.20. The van der Waals surface area contributed by atoms with Crippen molar-refractivity contribution in [3.8, 4) is 0 Å². The van der Waals surface area contributed by atoms with Crippen LogP contribution in [0.5, 0.6) is 0 Å². The molecule has 0 saturated heterocycles. The molecule has 2 N–H and O–H groups in total. The van der Waals surface area contributed by atoms with Crippen molar-refractivity contribution in [3.05, 3.63) is 83.7 Å². The topological polar surface area (TPSA) is 54.0 Å². The van der Waals surface area contributed by atoms with Crippen LogP contribution in [0.4, 0.5) is 17.1 Å². The smallest absolute Gasteiger partial charge is 0.257 e. The van der Waals surface area contributed by atoms with Gasteiger partial charge in [0.15, 0.2) is 0 Å². The van der Waals surface area contributed by atoms with Crippen LogP contribution >= 0.6 is 0 Å². The predicted molar refractivity (Wildman–Crippen MR) is 107 cm³/mol. The number of nitrogens with one attached hydrogen (secondary N) is 2. The quantitative estimate of drug-likeness (QED) is 0.641. The van der Waals surface area contributed by atoms with Gasteiger partial charge in [-0.1, -0.05) is 43.7 Å². The molecule has 3 rings (SSSR count).